The van der Waals surface area contributed by atoms with Gasteiger partial charge in [0.25, 0.3) is 0 Å². The van der Waals surface area contributed by atoms with Crippen molar-refractivity contribution in [2.75, 3.05) is 13.2 Å². The first-order chi connectivity index (χ1) is 11.8. The molecule has 128 valence electrons. The van der Waals surface area contributed by atoms with E-state index in [4.69, 9.17) is 9.15 Å². The number of likely N-dealkylation sites (tertiary alicyclic amines) is 1. The summed E-state index contributed by atoms with van der Waals surface area (Å²) in [6, 6.07) is 8.40. The van der Waals surface area contributed by atoms with Crippen LogP contribution in [0.3, 0.4) is 0 Å². The number of thiophene rings is 1. The average Bonchev–Trinajstić information content (AvgIpc) is 3.33. The first-order valence-corrected chi connectivity index (χ1v) is 9.35. The van der Waals surface area contributed by atoms with Gasteiger partial charge in [0.1, 0.15) is 5.76 Å². The highest BCUT2D eigenvalue weighted by molar-refractivity contribution is 7.09. The van der Waals surface area contributed by atoms with Crippen molar-refractivity contribution < 1.29 is 13.9 Å². The van der Waals surface area contributed by atoms with E-state index in [0.29, 0.717) is 12.6 Å². The Bertz CT molecular complexity index is 656. The molecule has 5 nitrogen and oxygen atoms in total. The number of nitrogens with zero attached hydrogens (tertiary/aromatic N) is 1. The molecule has 2 aliphatic heterocycles. The summed E-state index contributed by atoms with van der Waals surface area (Å²) < 4.78 is 11.2. The molecule has 0 unspecified atom stereocenters. The van der Waals surface area contributed by atoms with E-state index < -0.39 is 0 Å². The summed E-state index contributed by atoms with van der Waals surface area (Å²) >= 11 is 1.77. The molecule has 2 aromatic heterocycles. The normalized spacial score (nSPS) is 27.1. The number of rotatable bonds is 5. The Balaban J connectivity index is 1.40. The van der Waals surface area contributed by atoms with Gasteiger partial charge in [0, 0.05) is 30.6 Å². The van der Waals surface area contributed by atoms with Crippen LogP contribution in [-0.2, 0) is 22.6 Å². The van der Waals surface area contributed by atoms with Gasteiger partial charge in [-0.15, -0.1) is 11.3 Å². The summed E-state index contributed by atoms with van der Waals surface area (Å²) in [5.74, 6) is 0.848. The summed E-state index contributed by atoms with van der Waals surface area (Å²) in [5.41, 5.74) is 0. The Morgan fingerprint density at radius 3 is 3.12 bits per heavy atom. The molecule has 0 saturated carbocycles. The van der Waals surface area contributed by atoms with Crippen molar-refractivity contribution in [3.63, 3.8) is 0 Å². The number of amides is 1. The number of hydrogen-bond acceptors (Lipinski definition) is 5. The molecule has 0 spiro atoms. The molecule has 6 heteroatoms. The minimum atomic E-state index is -0.0284. The van der Waals surface area contributed by atoms with Gasteiger partial charge in [0.05, 0.1) is 24.8 Å². The van der Waals surface area contributed by atoms with E-state index in [-0.39, 0.29) is 17.9 Å². The summed E-state index contributed by atoms with van der Waals surface area (Å²) in [7, 11) is 0. The lowest BCUT2D eigenvalue weighted by Gasteiger charge is -2.40. The molecule has 24 heavy (non-hydrogen) atoms. The van der Waals surface area contributed by atoms with Gasteiger partial charge in [-0.2, -0.15) is 0 Å². The molecular formula is C18H22N2O3S. The van der Waals surface area contributed by atoms with Crippen LogP contribution in [0.25, 0.3) is 0 Å². The van der Waals surface area contributed by atoms with Gasteiger partial charge in [-0.3, -0.25) is 9.69 Å². The molecule has 0 radical (unpaired) electrons. The van der Waals surface area contributed by atoms with Crippen LogP contribution >= 0.6 is 11.3 Å². The second kappa shape index (κ2) is 7.09. The van der Waals surface area contributed by atoms with Crippen molar-refractivity contribution in [3.8, 4) is 0 Å². The maximum absolute atomic E-state index is 12.6. The third kappa shape index (κ3) is 3.41. The van der Waals surface area contributed by atoms with E-state index in [9.17, 15) is 4.79 Å². The van der Waals surface area contributed by atoms with Gasteiger partial charge < -0.3 is 14.5 Å². The van der Waals surface area contributed by atoms with Crippen LogP contribution in [0.15, 0.2) is 40.3 Å². The van der Waals surface area contributed by atoms with Crippen molar-refractivity contribution in [1.29, 1.82) is 0 Å². The molecule has 2 saturated heterocycles. The predicted molar refractivity (Wildman–Crippen MR) is 91.5 cm³/mol. The topological polar surface area (TPSA) is 54.7 Å². The zero-order chi connectivity index (χ0) is 16.4. The zero-order valence-corrected chi connectivity index (χ0v) is 14.3. The van der Waals surface area contributed by atoms with Gasteiger partial charge >= 0.3 is 0 Å². The van der Waals surface area contributed by atoms with Gasteiger partial charge in [0.2, 0.25) is 5.91 Å². The van der Waals surface area contributed by atoms with Crippen molar-refractivity contribution in [2.24, 2.45) is 5.92 Å². The monoisotopic (exact) mass is 346 g/mol. The number of carbonyl (C=O) groups is 1. The largest absolute Gasteiger partial charge is 0.467 e. The lowest BCUT2D eigenvalue weighted by molar-refractivity contribution is -0.130. The molecule has 1 N–H and O–H groups in total. The number of fused-ring (bicyclic) bond motifs is 1. The van der Waals surface area contributed by atoms with Crippen molar-refractivity contribution in [1.82, 2.24) is 10.2 Å². The lowest BCUT2D eigenvalue weighted by Crippen LogP contribution is -2.52. The highest BCUT2D eigenvalue weighted by atomic mass is 32.1. The molecule has 0 aliphatic carbocycles. The van der Waals surface area contributed by atoms with E-state index in [1.165, 1.54) is 4.88 Å². The Hall–Kier alpha value is -1.63. The van der Waals surface area contributed by atoms with E-state index in [1.54, 1.807) is 17.6 Å². The van der Waals surface area contributed by atoms with Crippen molar-refractivity contribution >= 4 is 17.2 Å². The Labute approximate surface area is 145 Å². The van der Waals surface area contributed by atoms with E-state index >= 15 is 0 Å². The summed E-state index contributed by atoms with van der Waals surface area (Å²) in [6.45, 7) is 2.95. The number of ether oxygens (including phenoxy) is 1. The average molecular weight is 346 g/mol. The Morgan fingerprint density at radius 2 is 2.33 bits per heavy atom. The van der Waals surface area contributed by atoms with E-state index in [0.717, 1.165) is 38.3 Å². The van der Waals surface area contributed by atoms with Crippen LogP contribution in [0.4, 0.5) is 0 Å². The van der Waals surface area contributed by atoms with Crippen molar-refractivity contribution in [2.45, 2.75) is 38.1 Å². The lowest BCUT2D eigenvalue weighted by atomic mass is 9.89. The fourth-order valence-corrected chi connectivity index (χ4v) is 4.49. The van der Waals surface area contributed by atoms with Gasteiger partial charge in [-0.1, -0.05) is 6.07 Å². The highest BCUT2D eigenvalue weighted by Crippen LogP contribution is 2.33. The van der Waals surface area contributed by atoms with Crippen LogP contribution in [0.2, 0.25) is 0 Å². The number of furan rings is 1. The van der Waals surface area contributed by atoms with Crippen LogP contribution in [0.5, 0.6) is 0 Å². The molecule has 0 bridgehead atoms. The smallest absolute Gasteiger partial charge is 0.224 e. The SMILES string of the molecule is O=C(NCc1ccco1)[C@H]1C[C@H]2OCC[C@H]2N(Cc2cccs2)C1. The molecule has 4 heterocycles. The van der Waals surface area contributed by atoms with Gasteiger partial charge in [0.15, 0.2) is 0 Å². The third-order valence-corrected chi connectivity index (χ3v) is 5.80. The Morgan fingerprint density at radius 1 is 1.38 bits per heavy atom. The molecule has 1 amide bonds. The molecule has 2 aromatic rings. The molecule has 0 aromatic carbocycles. The first kappa shape index (κ1) is 15.9. The fourth-order valence-electron chi connectivity index (χ4n) is 3.76. The molecular weight excluding hydrogens is 324 g/mol. The van der Waals surface area contributed by atoms with Crippen LogP contribution in [0, 0.1) is 5.92 Å². The zero-order valence-electron chi connectivity index (χ0n) is 13.5. The number of piperidine rings is 1. The highest BCUT2D eigenvalue weighted by Gasteiger charge is 2.42. The molecule has 2 fully saturated rings. The number of carbonyl (C=O) groups excluding carboxylic acids is 1. The van der Waals surface area contributed by atoms with E-state index in [2.05, 4.69) is 27.7 Å². The summed E-state index contributed by atoms with van der Waals surface area (Å²) in [5, 5.41) is 5.11. The number of nitrogens with one attached hydrogen (secondary N) is 1. The minimum Gasteiger partial charge on any atom is -0.467 e. The molecule has 3 atom stereocenters. The second-order valence-corrected chi connectivity index (χ2v) is 7.54. The summed E-state index contributed by atoms with van der Waals surface area (Å²) in [6.07, 6.45) is 3.69. The van der Waals surface area contributed by atoms with Gasteiger partial charge in [-0.05, 0) is 36.4 Å². The third-order valence-electron chi connectivity index (χ3n) is 4.94. The first-order valence-electron chi connectivity index (χ1n) is 8.48. The molecule has 2 aliphatic rings. The summed E-state index contributed by atoms with van der Waals surface area (Å²) in [4.78, 5) is 16.4. The van der Waals surface area contributed by atoms with Crippen molar-refractivity contribution in [3.05, 3.63) is 46.5 Å². The standard InChI is InChI=1S/C18H22N2O3S/c21-18(19-10-14-3-1-6-22-14)13-9-17-16(5-7-23-17)20(11-13)12-15-4-2-8-24-15/h1-4,6,8,13,16-17H,5,7,9-12H2,(H,19,21)/t13-,16+,17+/m0/s1. The van der Waals surface area contributed by atoms with Crippen LogP contribution in [-0.4, -0.2) is 36.1 Å². The van der Waals surface area contributed by atoms with Crippen LogP contribution < -0.4 is 5.32 Å². The quantitative estimate of drug-likeness (QED) is 0.904. The second-order valence-electron chi connectivity index (χ2n) is 6.50. The van der Waals surface area contributed by atoms with Crippen LogP contribution in [0.1, 0.15) is 23.5 Å². The van der Waals surface area contributed by atoms with Gasteiger partial charge in [-0.25, -0.2) is 0 Å². The van der Waals surface area contributed by atoms with E-state index in [1.807, 2.05) is 12.1 Å². The number of hydrogen-bond donors (Lipinski definition) is 1. The molecule has 4 rings (SSSR count). The Kier molecular flexibility index (Phi) is 4.69. The minimum absolute atomic E-state index is 0.0284. The maximum Gasteiger partial charge on any atom is 0.224 e. The fraction of sp³-hybridized carbons (Fsp3) is 0.500. The maximum atomic E-state index is 12.6. The predicted octanol–water partition coefficient (Wildman–Crippen LogP) is 2.64.